The van der Waals surface area contributed by atoms with Crippen molar-refractivity contribution in [2.24, 2.45) is 23.7 Å². The van der Waals surface area contributed by atoms with Crippen LogP contribution in [0.5, 0.6) is 0 Å². The molecule has 0 aromatic heterocycles. The number of amides is 2. The van der Waals surface area contributed by atoms with Crippen molar-refractivity contribution in [1.82, 2.24) is 10.2 Å². The Balaban J connectivity index is 1.89. The van der Waals surface area contributed by atoms with Gasteiger partial charge in [-0.2, -0.15) is 0 Å². The summed E-state index contributed by atoms with van der Waals surface area (Å²) in [6, 6.07) is -0.487. The summed E-state index contributed by atoms with van der Waals surface area (Å²) in [5, 5.41) is 12.5. The second-order valence-corrected chi connectivity index (χ2v) is 8.74. The van der Waals surface area contributed by atoms with Gasteiger partial charge in [-0.25, -0.2) is 0 Å². The number of nitrogens with zero attached hydrogens (tertiary/aromatic N) is 1. The molecule has 7 nitrogen and oxygen atoms in total. The van der Waals surface area contributed by atoms with Gasteiger partial charge in [-0.15, -0.1) is 0 Å². The van der Waals surface area contributed by atoms with Crippen LogP contribution in [0.3, 0.4) is 0 Å². The topological polar surface area (TPSA) is 95.9 Å². The highest BCUT2D eigenvalue weighted by Crippen LogP contribution is 2.45. The normalized spacial score (nSPS) is 31.5. The van der Waals surface area contributed by atoms with Gasteiger partial charge in [0.15, 0.2) is 0 Å². The molecule has 3 rings (SSSR count). The van der Waals surface area contributed by atoms with Gasteiger partial charge in [0.05, 0.1) is 18.4 Å². The molecule has 0 aromatic carbocycles. The van der Waals surface area contributed by atoms with Gasteiger partial charge >= 0.3 is 5.97 Å². The van der Waals surface area contributed by atoms with Crippen LogP contribution in [0.25, 0.3) is 0 Å². The van der Waals surface area contributed by atoms with E-state index in [0.29, 0.717) is 13.0 Å². The number of hydrogen-bond acceptors (Lipinski definition) is 5. The van der Waals surface area contributed by atoms with E-state index in [2.05, 4.69) is 5.32 Å². The Morgan fingerprint density at radius 1 is 1.20 bits per heavy atom. The van der Waals surface area contributed by atoms with Crippen molar-refractivity contribution in [1.29, 1.82) is 0 Å². The zero-order valence-electron chi connectivity index (χ0n) is 18.2. The molecule has 2 aliphatic carbocycles. The highest BCUT2D eigenvalue weighted by Gasteiger charge is 2.57. The number of esters is 1. The third kappa shape index (κ3) is 4.56. The zero-order valence-corrected chi connectivity index (χ0v) is 18.2. The molecule has 1 saturated heterocycles. The zero-order chi connectivity index (χ0) is 21.7. The highest BCUT2D eigenvalue weighted by molar-refractivity contribution is 5.96. The minimum Gasteiger partial charge on any atom is -0.466 e. The number of ether oxygens (including phenoxy) is 1. The SMILES string of the molecule is CCOC(=O)[C@H]1[C@@H]2C(=O)N(CCCO)[C@H](C(=O)NC3CCCCC3)[C@H]2C=C[C@H]1CC. The first-order chi connectivity index (χ1) is 14.5. The average Bonchev–Trinajstić information content (AvgIpc) is 3.04. The summed E-state index contributed by atoms with van der Waals surface area (Å²) >= 11 is 0. The number of allylic oxidation sites excluding steroid dienone is 1. The number of fused-ring (bicyclic) bond motifs is 1. The number of carbonyl (C=O) groups excluding carboxylic acids is 3. The minimum atomic E-state index is -0.637. The van der Waals surface area contributed by atoms with Gasteiger partial charge in [-0.1, -0.05) is 38.3 Å². The summed E-state index contributed by atoms with van der Waals surface area (Å²) in [4.78, 5) is 41.2. The maximum atomic E-state index is 13.5. The number of carbonyl (C=O) groups is 3. The predicted molar refractivity (Wildman–Crippen MR) is 112 cm³/mol. The Kier molecular flexibility index (Phi) is 7.92. The monoisotopic (exact) mass is 420 g/mol. The molecule has 1 heterocycles. The smallest absolute Gasteiger partial charge is 0.310 e. The van der Waals surface area contributed by atoms with E-state index >= 15 is 0 Å². The summed E-state index contributed by atoms with van der Waals surface area (Å²) in [5.41, 5.74) is 0. The average molecular weight is 421 g/mol. The van der Waals surface area contributed by atoms with E-state index in [0.717, 1.165) is 32.1 Å². The Morgan fingerprint density at radius 3 is 2.57 bits per heavy atom. The lowest BCUT2D eigenvalue weighted by atomic mass is 9.69. The lowest BCUT2D eigenvalue weighted by molar-refractivity contribution is -0.155. The molecule has 0 unspecified atom stereocenters. The number of nitrogens with one attached hydrogen (secondary N) is 1. The first kappa shape index (κ1) is 22.8. The second kappa shape index (κ2) is 10.4. The van der Waals surface area contributed by atoms with Crippen LogP contribution < -0.4 is 5.32 Å². The molecule has 1 saturated carbocycles. The van der Waals surface area contributed by atoms with Crippen LogP contribution >= 0.6 is 0 Å². The van der Waals surface area contributed by atoms with Crippen molar-refractivity contribution < 1.29 is 24.2 Å². The van der Waals surface area contributed by atoms with Crippen LogP contribution in [0.4, 0.5) is 0 Å². The van der Waals surface area contributed by atoms with Crippen LogP contribution in [0.2, 0.25) is 0 Å². The Bertz CT molecular complexity index is 658. The van der Waals surface area contributed by atoms with E-state index in [1.165, 1.54) is 6.42 Å². The first-order valence-electron chi connectivity index (χ1n) is 11.6. The maximum absolute atomic E-state index is 13.5. The van der Waals surface area contributed by atoms with E-state index in [-0.39, 0.29) is 48.9 Å². The van der Waals surface area contributed by atoms with Gasteiger partial charge in [-0.3, -0.25) is 14.4 Å². The van der Waals surface area contributed by atoms with E-state index in [4.69, 9.17) is 4.74 Å². The summed E-state index contributed by atoms with van der Waals surface area (Å²) in [6.45, 7) is 4.29. The number of rotatable bonds is 8. The van der Waals surface area contributed by atoms with Crippen molar-refractivity contribution >= 4 is 17.8 Å². The third-order valence-electron chi connectivity index (χ3n) is 6.92. The van der Waals surface area contributed by atoms with Crippen LogP contribution in [0, 0.1) is 23.7 Å². The van der Waals surface area contributed by atoms with E-state index in [9.17, 15) is 19.5 Å². The quantitative estimate of drug-likeness (QED) is 0.463. The van der Waals surface area contributed by atoms with Crippen LogP contribution in [-0.2, 0) is 19.1 Å². The van der Waals surface area contributed by atoms with E-state index < -0.39 is 17.9 Å². The molecule has 1 aliphatic heterocycles. The molecule has 2 N–H and O–H groups in total. The molecule has 30 heavy (non-hydrogen) atoms. The summed E-state index contributed by atoms with van der Waals surface area (Å²) in [5.74, 6) is -2.24. The molecule has 5 atom stereocenters. The molecule has 0 spiro atoms. The fraction of sp³-hybridized carbons (Fsp3) is 0.783. The molecule has 2 amide bonds. The van der Waals surface area contributed by atoms with Gasteiger partial charge in [0.2, 0.25) is 11.8 Å². The van der Waals surface area contributed by atoms with Gasteiger partial charge < -0.3 is 20.1 Å². The first-order valence-corrected chi connectivity index (χ1v) is 11.6. The number of likely N-dealkylation sites (tertiary alicyclic amines) is 1. The van der Waals surface area contributed by atoms with Crippen LogP contribution in [0.1, 0.15) is 58.8 Å². The standard InChI is InChI=1S/C23H36N2O5/c1-3-15-11-12-17-19(18(15)23(29)30-4-2)22(28)25(13-8-14-26)20(17)21(27)24-16-9-6-5-7-10-16/h11-12,15-20,26H,3-10,13-14H2,1-2H3,(H,24,27)/t15-,17+,18-,19-,20+/m1/s1. The molecule has 7 heteroatoms. The molecular formula is C23H36N2O5. The van der Waals surface area contributed by atoms with Crippen molar-refractivity contribution in [2.45, 2.75) is 70.9 Å². The molecule has 0 aromatic rings. The second-order valence-electron chi connectivity index (χ2n) is 8.74. The number of hydrogen-bond donors (Lipinski definition) is 2. The van der Waals surface area contributed by atoms with Gasteiger partial charge in [0.1, 0.15) is 6.04 Å². The fourth-order valence-corrected chi connectivity index (χ4v) is 5.46. The van der Waals surface area contributed by atoms with Crippen LogP contribution in [-0.4, -0.2) is 59.6 Å². The summed E-state index contributed by atoms with van der Waals surface area (Å²) in [7, 11) is 0. The molecule has 3 aliphatic rings. The largest absolute Gasteiger partial charge is 0.466 e. The van der Waals surface area contributed by atoms with Crippen molar-refractivity contribution in [3.8, 4) is 0 Å². The molecular weight excluding hydrogens is 384 g/mol. The Hall–Kier alpha value is -1.89. The molecule has 0 bridgehead atoms. The maximum Gasteiger partial charge on any atom is 0.310 e. The summed E-state index contributed by atoms with van der Waals surface area (Å²) < 4.78 is 5.32. The highest BCUT2D eigenvalue weighted by atomic mass is 16.5. The van der Waals surface area contributed by atoms with Crippen LogP contribution in [0.15, 0.2) is 12.2 Å². The van der Waals surface area contributed by atoms with E-state index in [1.54, 1.807) is 11.8 Å². The number of aliphatic hydroxyl groups excluding tert-OH is 1. The third-order valence-corrected chi connectivity index (χ3v) is 6.92. The summed E-state index contributed by atoms with van der Waals surface area (Å²) in [6.07, 6.45) is 10.4. The van der Waals surface area contributed by atoms with Crippen molar-refractivity contribution in [2.75, 3.05) is 19.8 Å². The van der Waals surface area contributed by atoms with Gasteiger partial charge in [0, 0.05) is 25.1 Å². The van der Waals surface area contributed by atoms with Crippen molar-refractivity contribution in [3.63, 3.8) is 0 Å². The lowest BCUT2D eigenvalue weighted by Gasteiger charge is -2.34. The minimum absolute atomic E-state index is 0.0508. The predicted octanol–water partition coefficient (Wildman–Crippen LogP) is 2.04. The van der Waals surface area contributed by atoms with Crippen molar-refractivity contribution in [3.05, 3.63) is 12.2 Å². The van der Waals surface area contributed by atoms with E-state index in [1.807, 2.05) is 19.1 Å². The fourth-order valence-electron chi connectivity index (χ4n) is 5.46. The molecule has 2 fully saturated rings. The Morgan fingerprint density at radius 2 is 1.93 bits per heavy atom. The Labute approximate surface area is 179 Å². The molecule has 168 valence electrons. The lowest BCUT2D eigenvalue weighted by Crippen LogP contribution is -2.50. The van der Waals surface area contributed by atoms with Gasteiger partial charge in [0.25, 0.3) is 0 Å². The number of aliphatic hydroxyl groups is 1. The molecule has 0 radical (unpaired) electrons. The van der Waals surface area contributed by atoms with Gasteiger partial charge in [-0.05, 0) is 38.5 Å².